The Hall–Kier alpha value is -2.93. The van der Waals surface area contributed by atoms with E-state index >= 15 is 0 Å². The first-order chi connectivity index (χ1) is 11.5. The maximum Gasteiger partial charge on any atom is 0.327 e. The molecule has 0 aliphatic rings. The predicted octanol–water partition coefficient (Wildman–Crippen LogP) is 1.23. The first-order valence-corrected chi connectivity index (χ1v) is 7.50. The topological polar surface area (TPSA) is 111 Å². The lowest BCUT2D eigenvalue weighted by Gasteiger charge is -2.19. The van der Waals surface area contributed by atoms with Gasteiger partial charge in [-0.1, -0.05) is 42.5 Å². The fraction of sp³-hybridized carbons (Fsp3) is 0.235. The third-order valence-corrected chi connectivity index (χ3v) is 3.39. The minimum Gasteiger partial charge on any atom is -0.465 e. The van der Waals surface area contributed by atoms with E-state index in [1.54, 1.807) is 13.0 Å². The molecule has 3 amide bonds. The number of carbonyl (C=O) groups excluding carboxylic acids is 3. The van der Waals surface area contributed by atoms with E-state index in [-0.39, 0.29) is 13.2 Å². The molecule has 4 N–H and O–H groups in total. The smallest absolute Gasteiger partial charge is 0.327 e. The summed E-state index contributed by atoms with van der Waals surface area (Å²) in [6, 6.07) is 11.4. The van der Waals surface area contributed by atoms with Crippen LogP contribution in [0.4, 0.5) is 4.79 Å². The molecule has 0 fully saturated rings. The van der Waals surface area contributed by atoms with Crippen LogP contribution in [0.1, 0.15) is 18.5 Å². The van der Waals surface area contributed by atoms with Gasteiger partial charge in [0.15, 0.2) is 0 Å². The quantitative estimate of drug-likeness (QED) is 0.690. The van der Waals surface area contributed by atoms with Crippen molar-refractivity contribution in [2.75, 3.05) is 13.2 Å². The van der Waals surface area contributed by atoms with E-state index in [1.807, 2.05) is 41.7 Å². The number of amides is 3. The fourth-order valence-electron chi connectivity index (χ4n) is 2.42. The van der Waals surface area contributed by atoms with Crippen molar-refractivity contribution < 1.29 is 19.1 Å². The Kier molecular flexibility index (Phi) is 5.86. The number of esters is 1. The highest BCUT2D eigenvalue weighted by Gasteiger charge is 2.24. The van der Waals surface area contributed by atoms with Crippen LogP contribution in [0.3, 0.4) is 0 Å². The molecule has 0 heterocycles. The molecule has 2 aromatic carbocycles. The highest BCUT2D eigenvalue weighted by Crippen LogP contribution is 2.25. The summed E-state index contributed by atoms with van der Waals surface area (Å²) in [7, 11) is 0. The zero-order valence-electron chi connectivity index (χ0n) is 13.2. The van der Waals surface area contributed by atoms with Gasteiger partial charge in [-0.2, -0.15) is 0 Å². The van der Waals surface area contributed by atoms with Crippen molar-refractivity contribution in [2.45, 2.75) is 13.0 Å². The second-order valence-electron chi connectivity index (χ2n) is 5.05. The molecular formula is C17H19N3O4. The van der Waals surface area contributed by atoms with Crippen molar-refractivity contribution in [3.8, 4) is 0 Å². The second kappa shape index (κ2) is 8.07. The summed E-state index contributed by atoms with van der Waals surface area (Å²) in [6.45, 7) is 1.67. The largest absolute Gasteiger partial charge is 0.465 e. The number of carbonyl (C=O) groups is 3. The van der Waals surface area contributed by atoms with Crippen molar-refractivity contribution >= 4 is 28.7 Å². The average Bonchev–Trinajstić information content (AvgIpc) is 2.55. The molecule has 24 heavy (non-hydrogen) atoms. The van der Waals surface area contributed by atoms with E-state index in [9.17, 15) is 14.4 Å². The van der Waals surface area contributed by atoms with E-state index in [0.717, 1.165) is 10.8 Å². The molecule has 1 unspecified atom stereocenters. The molecule has 7 heteroatoms. The summed E-state index contributed by atoms with van der Waals surface area (Å²) in [5.41, 5.74) is 5.60. The number of nitrogens with one attached hydrogen (secondary N) is 2. The van der Waals surface area contributed by atoms with Crippen LogP contribution in [0.15, 0.2) is 42.5 Å². The molecule has 0 bridgehead atoms. The van der Waals surface area contributed by atoms with Crippen LogP contribution < -0.4 is 16.4 Å². The Morgan fingerprint density at radius 2 is 1.83 bits per heavy atom. The number of hydrogen-bond acceptors (Lipinski definition) is 5. The molecule has 0 aromatic heterocycles. The van der Waals surface area contributed by atoms with Crippen molar-refractivity contribution in [2.24, 2.45) is 5.73 Å². The number of fused-ring (bicyclic) bond motifs is 1. The molecule has 0 spiro atoms. The Balaban J connectivity index is 2.30. The molecular weight excluding hydrogens is 310 g/mol. The van der Waals surface area contributed by atoms with E-state index in [0.29, 0.717) is 5.56 Å². The molecule has 2 aromatic rings. The van der Waals surface area contributed by atoms with E-state index in [2.05, 4.69) is 5.32 Å². The van der Waals surface area contributed by atoms with Crippen molar-refractivity contribution in [3.63, 3.8) is 0 Å². The monoisotopic (exact) mass is 329 g/mol. The minimum atomic E-state index is -0.945. The Bertz CT molecular complexity index is 755. The Morgan fingerprint density at radius 3 is 2.54 bits per heavy atom. The van der Waals surface area contributed by atoms with Gasteiger partial charge in [-0.25, -0.2) is 9.59 Å². The Labute approximate surface area is 139 Å². The number of benzene rings is 2. The minimum absolute atomic E-state index is 0.218. The SMILES string of the molecule is CCOC(=O)C(NCC(=O)NC(N)=O)c1cccc2ccccc12. The van der Waals surface area contributed by atoms with Crippen LogP contribution in [-0.4, -0.2) is 31.1 Å². The fourth-order valence-corrected chi connectivity index (χ4v) is 2.42. The van der Waals surface area contributed by atoms with Crippen LogP contribution in [0.2, 0.25) is 0 Å². The number of urea groups is 1. The summed E-state index contributed by atoms with van der Waals surface area (Å²) < 4.78 is 5.10. The van der Waals surface area contributed by atoms with E-state index in [4.69, 9.17) is 10.5 Å². The summed E-state index contributed by atoms with van der Waals surface area (Å²) in [5, 5.41) is 6.61. The molecule has 0 aliphatic carbocycles. The molecule has 0 saturated carbocycles. The number of imide groups is 1. The van der Waals surface area contributed by atoms with Gasteiger partial charge in [-0.3, -0.25) is 15.4 Å². The summed E-state index contributed by atoms with van der Waals surface area (Å²) in [5.74, 6) is -1.13. The van der Waals surface area contributed by atoms with Gasteiger partial charge in [0.05, 0.1) is 13.2 Å². The molecule has 7 nitrogen and oxygen atoms in total. The van der Waals surface area contributed by atoms with Gasteiger partial charge in [-0.15, -0.1) is 0 Å². The highest BCUT2D eigenvalue weighted by atomic mass is 16.5. The van der Waals surface area contributed by atoms with Crippen molar-refractivity contribution in [1.29, 1.82) is 0 Å². The maximum atomic E-state index is 12.3. The zero-order valence-corrected chi connectivity index (χ0v) is 13.2. The standard InChI is InChI=1S/C17H19N3O4/c1-2-24-16(22)15(19-10-14(21)20-17(18)23)13-9-5-7-11-6-3-4-8-12(11)13/h3-9,15,19H,2,10H2,1H3,(H3,18,20,21,23). The van der Waals surface area contributed by atoms with E-state index in [1.165, 1.54) is 0 Å². The summed E-state index contributed by atoms with van der Waals surface area (Å²) >= 11 is 0. The number of hydrogen-bond donors (Lipinski definition) is 3. The van der Waals surface area contributed by atoms with Crippen molar-refractivity contribution in [1.82, 2.24) is 10.6 Å². The van der Waals surface area contributed by atoms with Gasteiger partial charge >= 0.3 is 12.0 Å². The maximum absolute atomic E-state index is 12.3. The van der Waals surface area contributed by atoms with Gasteiger partial charge in [0, 0.05) is 0 Å². The van der Waals surface area contributed by atoms with E-state index < -0.39 is 23.9 Å². The first kappa shape index (κ1) is 17.4. The Morgan fingerprint density at radius 1 is 1.12 bits per heavy atom. The van der Waals surface area contributed by atoms with Crippen LogP contribution in [-0.2, 0) is 14.3 Å². The average molecular weight is 329 g/mol. The third kappa shape index (κ3) is 4.30. The van der Waals surface area contributed by atoms with Gasteiger partial charge in [0.1, 0.15) is 6.04 Å². The lowest BCUT2D eigenvalue weighted by Crippen LogP contribution is -2.43. The predicted molar refractivity (Wildman–Crippen MR) is 89.1 cm³/mol. The second-order valence-corrected chi connectivity index (χ2v) is 5.05. The third-order valence-electron chi connectivity index (χ3n) is 3.39. The molecule has 0 aliphatic heterocycles. The molecule has 0 radical (unpaired) electrons. The van der Waals surface area contributed by atoms with Gasteiger partial charge < -0.3 is 10.5 Å². The van der Waals surface area contributed by atoms with Crippen LogP contribution in [0.25, 0.3) is 10.8 Å². The lowest BCUT2D eigenvalue weighted by atomic mass is 9.98. The van der Waals surface area contributed by atoms with Gasteiger partial charge in [0.25, 0.3) is 0 Å². The first-order valence-electron chi connectivity index (χ1n) is 7.50. The number of rotatable bonds is 6. The van der Waals surface area contributed by atoms with Crippen LogP contribution >= 0.6 is 0 Å². The number of ether oxygens (including phenoxy) is 1. The van der Waals surface area contributed by atoms with Crippen molar-refractivity contribution in [3.05, 3.63) is 48.0 Å². The van der Waals surface area contributed by atoms with Gasteiger partial charge in [0.2, 0.25) is 5.91 Å². The van der Waals surface area contributed by atoms with Crippen LogP contribution in [0.5, 0.6) is 0 Å². The molecule has 126 valence electrons. The van der Waals surface area contributed by atoms with Crippen LogP contribution in [0, 0.1) is 0 Å². The zero-order chi connectivity index (χ0) is 17.5. The van der Waals surface area contributed by atoms with Gasteiger partial charge in [-0.05, 0) is 23.3 Å². The number of primary amides is 1. The summed E-state index contributed by atoms with van der Waals surface area (Å²) in [6.07, 6.45) is 0. The molecule has 1 atom stereocenters. The normalized spacial score (nSPS) is 11.7. The number of nitrogens with two attached hydrogens (primary N) is 1. The molecule has 0 saturated heterocycles. The summed E-state index contributed by atoms with van der Waals surface area (Å²) in [4.78, 5) is 34.6. The highest BCUT2D eigenvalue weighted by molar-refractivity contribution is 5.95. The molecule has 2 rings (SSSR count). The lowest BCUT2D eigenvalue weighted by molar-refractivity contribution is -0.145.